The van der Waals surface area contributed by atoms with Gasteiger partial charge in [0, 0.05) is 7.83 Å². The average Bonchev–Trinajstić information content (AvgIpc) is 2.40. The van der Waals surface area contributed by atoms with Crippen LogP contribution >= 0.6 is 0 Å². The summed E-state index contributed by atoms with van der Waals surface area (Å²) in [5.41, 5.74) is 1.28. The van der Waals surface area contributed by atoms with Gasteiger partial charge in [0.05, 0.1) is 0 Å². The molecule has 0 N–H and O–H groups in total. The van der Waals surface area contributed by atoms with Crippen molar-refractivity contribution in [1.29, 1.82) is 0 Å². The molecule has 0 amide bonds. The molecular weight excluding hydrogens is 236 g/mol. The Morgan fingerprint density at radius 1 is 0.667 bits per heavy atom. The van der Waals surface area contributed by atoms with E-state index in [1.54, 1.807) is 24.3 Å². The second kappa shape index (κ2) is 7.09. The van der Waals surface area contributed by atoms with Gasteiger partial charge in [-0.1, -0.05) is 68.1 Å². The van der Waals surface area contributed by atoms with Crippen LogP contribution in [0.15, 0.2) is 60.7 Å². The van der Waals surface area contributed by atoms with Gasteiger partial charge >= 0.3 is 20.4 Å². The van der Waals surface area contributed by atoms with E-state index in [1.165, 1.54) is 0 Å². The van der Waals surface area contributed by atoms with Crippen LogP contribution in [0.2, 0.25) is 0 Å². The molecule has 2 nitrogen and oxygen atoms in total. The van der Waals surface area contributed by atoms with E-state index in [2.05, 4.69) is 0 Å². The summed E-state index contributed by atoms with van der Waals surface area (Å²) in [6.45, 7) is 0. The number of carbonyl (C=O) groups excluding carboxylic acids is 2. The van der Waals surface area contributed by atoms with Crippen LogP contribution in [0, 0.1) is 0 Å². The maximum Gasteiger partial charge on any atom is 0.581 e. The molecule has 0 aliphatic carbocycles. The highest BCUT2D eigenvalue weighted by Crippen LogP contribution is 2.03. The first-order valence-corrected chi connectivity index (χ1v) is 6.85. The Labute approximate surface area is 117 Å². The molecule has 0 heterocycles. The quantitative estimate of drug-likeness (QED) is 0.782. The third-order valence-electron chi connectivity index (χ3n) is 2.51. The van der Waals surface area contributed by atoms with Crippen molar-refractivity contribution in [2.75, 3.05) is 0 Å². The summed E-state index contributed by atoms with van der Waals surface area (Å²) >= 11 is -1.41. The summed E-state index contributed by atoms with van der Waals surface area (Å²) in [6, 6.07) is 18.0. The molecule has 0 aromatic heterocycles. The molecule has 0 atom stereocenters. The van der Waals surface area contributed by atoms with Crippen molar-refractivity contribution in [3.8, 4) is 0 Å². The van der Waals surface area contributed by atoms with Crippen molar-refractivity contribution in [1.82, 2.24) is 0 Å². The Bertz CT molecular complexity index is 471. The predicted molar refractivity (Wildman–Crippen MR) is 74.0 cm³/mol. The smallest absolute Gasteiger partial charge is 0.330 e. The number of benzene rings is 2. The van der Waals surface area contributed by atoms with Crippen molar-refractivity contribution >= 4 is 28.2 Å². The first kappa shape index (κ1) is 14.6. The monoisotopic (exact) mass is 250 g/mol. The first-order valence-electron chi connectivity index (χ1n) is 5.44. The highest BCUT2D eigenvalue weighted by Gasteiger charge is 2.18. The van der Waals surface area contributed by atoms with Crippen molar-refractivity contribution in [2.45, 2.75) is 7.43 Å². The third kappa shape index (κ3) is 3.79. The first-order chi connectivity index (χ1) is 8.27. The van der Waals surface area contributed by atoms with E-state index in [-0.39, 0.29) is 15.3 Å². The van der Waals surface area contributed by atoms with Crippen LogP contribution in [0.3, 0.4) is 0 Å². The highest BCUT2D eigenvalue weighted by atomic mass is 24.5. The minimum absolute atomic E-state index is 0. The van der Waals surface area contributed by atoms with Crippen LogP contribution in [0.25, 0.3) is 0 Å². The predicted octanol–water partition coefficient (Wildman–Crippen LogP) is 3.01. The Morgan fingerprint density at radius 2 is 1.00 bits per heavy atom. The molecule has 2 rings (SSSR count). The third-order valence-corrected chi connectivity index (χ3v) is 3.97. The molecule has 3 heteroatoms. The van der Waals surface area contributed by atoms with Crippen LogP contribution in [0.4, 0.5) is 0 Å². The van der Waals surface area contributed by atoms with Crippen molar-refractivity contribution in [3.63, 3.8) is 0 Å². The minimum atomic E-state index is -1.41. The van der Waals surface area contributed by atoms with E-state index in [4.69, 9.17) is 0 Å². The van der Waals surface area contributed by atoms with Gasteiger partial charge in [0.15, 0.2) is 0 Å². The largest absolute Gasteiger partial charge is 0.581 e. The van der Waals surface area contributed by atoms with E-state index < -0.39 is 20.4 Å². The Hall–Kier alpha value is -1.45. The Kier molecular flexibility index (Phi) is 5.75. The molecule has 2 aromatic rings. The fourth-order valence-electron chi connectivity index (χ4n) is 1.60. The number of rotatable bonds is 4. The summed E-state index contributed by atoms with van der Waals surface area (Å²) in [5, 5.41) is 0. The molecule has 0 spiro atoms. The van der Waals surface area contributed by atoms with Gasteiger partial charge in [-0.25, -0.2) is 0 Å². The number of hydrogen-bond donors (Lipinski definition) is 0. The topological polar surface area (TPSA) is 34.1 Å². The van der Waals surface area contributed by atoms with Gasteiger partial charge in [-0.2, -0.15) is 0 Å². The normalized spacial score (nSPS) is 8.89. The molecule has 0 radical (unpaired) electrons. The van der Waals surface area contributed by atoms with E-state index in [9.17, 15) is 9.59 Å². The zero-order valence-electron chi connectivity index (χ0n) is 9.30. The lowest BCUT2D eigenvalue weighted by Gasteiger charge is -2.00. The lowest BCUT2D eigenvalue weighted by Crippen LogP contribution is -2.20. The van der Waals surface area contributed by atoms with Crippen LogP contribution < -0.4 is 0 Å². The van der Waals surface area contributed by atoms with Gasteiger partial charge in [-0.15, -0.1) is 0 Å². The summed E-state index contributed by atoms with van der Waals surface area (Å²) in [6.07, 6.45) is 0. The molecule has 0 saturated carbocycles. The van der Waals surface area contributed by atoms with E-state index in [1.807, 2.05) is 36.4 Å². The summed E-state index contributed by atoms with van der Waals surface area (Å²) in [5.74, 6) is 0. The van der Waals surface area contributed by atoms with Gasteiger partial charge in [0.1, 0.15) is 0 Å². The SMILES string of the molecule is C.O=[C]([Mg][C](=O)c1ccccc1)c1ccccc1. The lowest BCUT2D eigenvalue weighted by molar-refractivity contribution is 0.104. The lowest BCUT2D eigenvalue weighted by atomic mass is 10.2. The van der Waals surface area contributed by atoms with Crippen LogP contribution in [-0.2, 0) is 0 Å². The molecule has 0 unspecified atom stereocenters. The minimum Gasteiger partial charge on any atom is -0.330 e. The van der Waals surface area contributed by atoms with E-state index in [0.717, 1.165) is 0 Å². The number of carbonyl (C=O) groups is 2. The summed E-state index contributed by atoms with van der Waals surface area (Å²) < 4.78 is -0.00101. The van der Waals surface area contributed by atoms with E-state index >= 15 is 0 Å². The van der Waals surface area contributed by atoms with Crippen molar-refractivity contribution < 1.29 is 9.59 Å². The van der Waals surface area contributed by atoms with Gasteiger partial charge in [-0.05, 0) is 11.1 Å². The molecule has 88 valence electrons. The van der Waals surface area contributed by atoms with Crippen LogP contribution in [-0.4, -0.2) is 28.2 Å². The van der Waals surface area contributed by atoms with Gasteiger partial charge in [-0.3, -0.25) is 0 Å². The standard InChI is InChI=1S/2C7H5O.CH4.Mg/c2*8-6-7-4-2-1-3-5-7;;/h2*1-5H;1H4;. The second-order valence-electron chi connectivity index (χ2n) is 3.76. The Morgan fingerprint density at radius 3 is 1.33 bits per heavy atom. The summed E-state index contributed by atoms with van der Waals surface area (Å²) in [4.78, 5) is 23.7. The molecule has 18 heavy (non-hydrogen) atoms. The fourth-order valence-corrected chi connectivity index (χ4v) is 2.77. The van der Waals surface area contributed by atoms with Crippen LogP contribution in [0.1, 0.15) is 28.1 Å². The molecular formula is C15H14MgO2. The molecule has 0 bridgehead atoms. The Balaban J connectivity index is 0.00000162. The summed E-state index contributed by atoms with van der Waals surface area (Å²) in [7, 11) is 0. The zero-order valence-corrected chi connectivity index (χ0v) is 10.7. The maximum absolute atomic E-state index is 11.9. The van der Waals surface area contributed by atoms with Gasteiger partial charge in [0.2, 0.25) is 0 Å². The number of hydrogen-bond acceptors (Lipinski definition) is 2. The van der Waals surface area contributed by atoms with Gasteiger partial charge in [0.25, 0.3) is 0 Å². The molecule has 0 saturated heterocycles. The molecule has 0 fully saturated rings. The van der Waals surface area contributed by atoms with Gasteiger partial charge < -0.3 is 9.59 Å². The van der Waals surface area contributed by atoms with Crippen molar-refractivity contribution in [3.05, 3.63) is 71.8 Å². The van der Waals surface area contributed by atoms with Crippen molar-refractivity contribution in [2.24, 2.45) is 0 Å². The molecule has 0 aliphatic heterocycles. The second-order valence-corrected chi connectivity index (χ2v) is 5.39. The van der Waals surface area contributed by atoms with E-state index in [0.29, 0.717) is 11.1 Å². The highest BCUT2D eigenvalue weighted by molar-refractivity contribution is 7.01. The zero-order chi connectivity index (χ0) is 12.1. The molecule has 2 aromatic carbocycles. The van der Waals surface area contributed by atoms with Crippen LogP contribution in [0.5, 0.6) is 0 Å². The fraction of sp³-hybridized carbons (Fsp3) is 0.0667. The maximum atomic E-state index is 11.9. The molecule has 0 aliphatic rings. The average molecular weight is 251 g/mol.